The molecular weight excluding hydrogens is 254 g/mol. The minimum absolute atomic E-state index is 0.447. The van der Waals surface area contributed by atoms with Crippen molar-refractivity contribution in [2.75, 3.05) is 20.3 Å². The Morgan fingerprint density at radius 2 is 1.85 bits per heavy atom. The number of ether oxygens (including phenoxy) is 1. The Morgan fingerprint density at radius 3 is 2.30 bits per heavy atom. The average molecular weight is 279 g/mol. The summed E-state index contributed by atoms with van der Waals surface area (Å²) < 4.78 is 5.13. The fourth-order valence-electron chi connectivity index (χ4n) is 2.02. The van der Waals surface area contributed by atoms with Crippen molar-refractivity contribution in [2.24, 2.45) is 0 Å². The molecule has 1 aromatic carbocycles. The van der Waals surface area contributed by atoms with Gasteiger partial charge in [-0.2, -0.15) is 0 Å². The van der Waals surface area contributed by atoms with Crippen molar-refractivity contribution >= 4 is 5.97 Å². The zero-order chi connectivity index (χ0) is 15.1. The van der Waals surface area contributed by atoms with E-state index in [4.69, 9.17) is 9.84 Å². The summed E-state index contributed by atoms with van der Waals surface area (Å²) in [7, 11) is 1.71. The summed E-state index contributed by atoms with van der Waals surface area (Å²) >= 11 is 0. The van der Waals surface area contributed by atoms with Gasteiger partial charge in [-0.15, -0.1) is 0 Å². The summed E-state index contributed by atoms with van der Waals surface area (Å²) in [5.74, 6) is -1.25. The molecule has 0 amide bonds. The largest absolute Gasteiger partial charge is 0.481 e. The van der Waals surface area contributed by atoms with Gasteiger partial charge in [0.1, 0.15) is 0 Å². The predicted molar refractivity (Wildman–Crippen MR) is 79.9 cm³/mol. The van der Waals surface area contributed by atoms with Crippen molar-refractivity contribution in [1.82, 2.24) is 4.90 Å². The zero-order valence-electron chi connectivity index (χ0n) is 12.8. The first-order valence-corrected chi connectivity index (χ1v) is 7.00. The van der Waals surface area contributed by atoms with E-state index >= 15 is 0 Å². The topological polar surface area (TPSA) is 49.8 Å². The molecule has 0 spiro atoms. The molecule has 0 saturated carbocycles. The van der Waals surface area contributed by atoms with Crippen LogP contribution in [0.4, 0.5) is 0 Å². The van der Waals surface area contributed by atoms with E-state index in [1.807, 2.05) is 24.3 Å². The summed E-state index contributed by atoms with van der Waals surface area (Å²) in [6.07, 6.45) is 0. The molecule has 1 unspecified atom stereocenters. The molecule has 4 heteroatoms. The first-order chi connectivity index (χ1) is 9.45. The van der Waals surface area contributed by atoms with E-state index in [0.717, 1.165) is 18.7 Å². The molecule has 0 aromatic heterocycles. The van der Waals surface area contributed by atoms with Gasteiger partial charge in [-0.1, -0.05) is 24.3 Å². The van der Waals surface area contributed by atoms with Gasteiger partial charge in [-0.05, 0) is 31.9 Å². The molecule has 1 N–H and O–H groups in total. The van der Waals surface area contributed by atoms with Crippen LogP contribution in [0.5, 0.6) is 0 Å². The smallest absolute Gasteiger partial charge is 0.310 e. The lowest BCUT2D eigenvalue weighted by atomic mass is 10.00. The third-order valence-electron chi connectivity index (χ3n) is 3.55. The summed E-state index contributed by atoms with van der Waals surface area (Å²) in [6, 6.07) is 8.28. The van der Waals surface area contributed by atoms with Crippen LogP contribution in [0, 0.1) is 0 Å². The molecule has 0 fully saturated rings. The Balaban J connectivity index is 2.70. The predicted octanol–water partition coefficient (Wildman–Crippen LogP) is 2.73. The molecule has 1 aromatic rings. The van der Waals surface area contributed by atoms with Crippen LogP contribution >= 0.6 is 0 Å². The molecule has 0 heterocycles. The SMILES string of the molecule is COCCN(Cc1ccc(C(C)C(=O)O)cc1)C(C)C. The first-order valence-electron chi connectivity index (χ1n) is 7.00. The molecule has 1 atom stereocenters. The lowest BCUT2D eigenvalue weighted by Crippen LogP contribution is -2.33. The van der Waals surface area contributed by atoms with Crippen molar-refractivity contribution in [3.8, 4) is 0 Å². The number of carbonyl (C=O) groups is 1. The molecule has 0 radical (unpaired) electrons. The summed E-state index contributed by atoms with van der Waals surface area (Å²) in [5, 5.41) is 9.00. The van der Waals surface area contributed by atoms with Gasteiger partial charge in [0.2, 0.25) is 0 Å². The second-order valence-corrected chi connectivity index (χ2v) is 5.36. The highest BCUT2D eigenvalue weighted by atomic mass is 16.5. The normalized spacial score (nSPS) is 12.9. The maximum atomic E-state index is 10.9. The second-order valence-electron chi connectivity index (χ2n) is 5.36. The first kappa shape index (κ1) is 16.7. The van der Waals surface area contributed by atoms with E-state index < -0.39 is 11.9 Å². The molecule has 0 aliphatic carbocycles. The number of rotatable bonds is 8. The van der Waals surface area contributed by atoms with Crippen LogP contribution in [0.25, 0.3) is 0 Å². The number of hydrogen-bond donors (Lipinski definition) is 1. The van der Waals surface area contributed by atoms with Crippen molar-refractivity contribution in [1.29, 1.82) is 0 Å². The van der Waals surface area contributed by atoms with Crippen molar-refractivity contribution in [2.45, 2.75) is 39.3 Å². The molecule has 1 rings (SSSR count). The molecule has 0 bridgehead atoms. The Hall–Kier alpha value is -1.39. The Labute approximate surface area is 121 Å². The van der Waals surface area contributed by atoms with Gasteiger partial charge in [0, 0.05) is 26.2 Å². The molecule has 20 heavy (non-hydrogen) atoms. The van der Waals surface area contributed by atoms with Crippen LogP contribution < -0.4 is 0 Å². The molecule has 0 aliphatic heterocycles. The highest BCUT2D eigenvalue weighted by Crippen LogP contribution is 2.17. The fourth-order valence-corrected chi connectivity index (χ4v) is 2.02. The Bertz CT molecular complexity index is 414. The molecule has 112 valence electrons. The van der Waals surface area contributed by atoms with Gasteiger partial charge in [0.05, 0.1) is 12.5 Å². The zero-order valence-corrected chi connectivity index (χ0v) is 12.8. The van der Waals surface area contributed by atoms with Crippen molar-refractivity contribution in [3.05, 3.63) is 35.4 Å². The highest BCUT2D eigenvalue weighted by Gasteiger charge is 2.14. The maximum absolute atomic E-state index is 10.9. The van der Waals surface area contributed by atoms with Crippen LogP contribution in [-0.2, 0) is 16.1 Å². The van der Waals surface area contributed by atoms with Gasteiger partial charge in [0.25, 0.3) is 0 Å². The average Bonchev–Trinajstić information content (AvgIpc) is 2.42. The fraction of sp³-hybridized carbons (Fsp3) is 0.562. The number of hydrogen-bond acceptors (Lipinski definition) is 3. The molecule has 0 aliphatic rings. The monoisotopic (exact) mass is 279 g/mol. The van der Waals surface area contributed by atoms with Crippen LogP contribution in [-0.4, -0.2) is 42.3 Å². The lowest BCUT2D eigenvalue weighted by molar-refractivity contribution is -0.138. The van der Waals surface area contributed by atoms with Gasteiger partial charge in [-0.25, -0.2) is 0 Å². The summed E-state index contributed by atoms with van der Waals surface area (Å²) in [5.41, 5.74) is 2.03. The number of methoxy groups -OCH3 is 1. The molecule has 0 saturated heterocycles. The summed E-state index contributed by atoms with van der Waals surface area (Å²) in [4.78, 5) is 13.3. The van der Waals surface area contributed by atoms with Gasteiger partial charge < -0.3 is 9.84 Å². The van der Waals surface area contributed by atoms with E-state index in [0.29, 0.717) is 12.6 Å². The van der Waals surface area contributed by atoms with Crippen LogP contribution in [0.1, 0.15) is 37.8 Å². The highest BCUT2D eigenvalue weighted by molar-refractivity contribution is 5.75. The minimum Gasteiger partial charge on any atom is -0.481 e. The van der Waals surface area contributed by atoms with Gasteiger partial charge >= 0.3 is 5.97 Å². The number of nitrogens with zero attached hydrogens (tertiary/aromatic N) is 1. The third-order valence-corrected chi connectivity index (χ3v) is 3.55. The minimum atomic E-state index is -0.790. The van der Waals surface area contributed by atoms with E-state index in [-0.39, 0.29) is 0 Å². The van der Waals surface area contributed by atoms with Crippen molar-refractivity contribution < 1.29 is 14.6 Å². The number of aliphatic carboxylic acids is 1. The van der Waals surface area contributed by atoms with Crippen LogP contribution in [0.3, 0.4) is 0 Å². The standard InChI is InChI=1S/C16H25NO3/c1-12(2)17(9-10-20-4)11-14-5-7-15(8-6-14)13(3)16(18)19/h5-8,12-13H,9-11H2,1-4H3,(H,18,19). The maximum Gasteiger partial charge on any atom is 0.310 e. The molecular formula is C16H25NO3. The number of carboxylic acids is 1. The van der Waals surface area contributed by atoms with E-state index in [1.54, 1.807) is 14.0 Å². The molecule has 4 nitrogen and oxygen atoms in total. The van der Waals surface area contributed by atoms with Crippen molar-refractivity contribution in [3.63, 3.8) is 0 Å². The lowest BCUT2D eigenvalue weighted by Gasteiger charge is -2.26. The Morgan fingerprint density at radius 1 is 1.25 bits per heavy atom. The van der Waals surface area contributed by atoms with E-state index in [9.17, 15) is 4.79 Å². The quantitative estimate of drug-likeness (QED) is 0.795. The summed E-state index contributed by atoms with van der Waals surface area (Å²) in [6.45, 7) is 8.49. The van der Waals surface area contributed by atoms with Gasteiger partial charge in [-0.3, -0.25) is 9.69 Å². The van der Waals surface area contributed by atoms with Crippen LogP contribution in [0.15, 0.2) is 24.3 Å². The second kappa shape index (κ2) is 8.02. The number of carboxylic acid groups (broad SMARTS) is 1. The number of benzene rings is 1. The third kappa shape index (κ3) is 4.94. The Kier molecular flexibility index (Phi) is 6.68. The van der Waals surface area contributed by atoms with Crippen LogP contribution in [0.2, 0.25) is 0 Å². The van der Waals surface area contributed by atoms with Gasteiger partial charge in [0.15, 0.2) is 0 Å². The van der Waals surface area contributed by atoms with E-state index in [2.05, 4.69) is 18.7 Å². The van der Waals surface area contributed by atoms with E-state index in [1.165, 1.54) is 5.56 Å².